The number of nitrogens with zero attached hydrogens (tertiary/aromatic N) is 6. The number of primary amides is 1. The fourth-order valence-electron chi connectivity index (χ4n) is 5.58. The number of rotatable bonds is 10. The maximum absolute atomic E-state index is 14.2. The average Bonchev–Trinajstić information content (AvgIpc) is 3.47. The van der Waals surface area contributed by atoms with Crippen molar-refractivity contribution in [1.29, 1.82) is 0 Å². The molecule has 232 valence electrons. The van der Waals surface area contributed by atoms with E-state index in [-0.39, 0.29) is 35.9 Å². The zero-order valence-corrected chi connectivity index (χ0v) is 26.3. The van der Waals surface area contributed by atoms with Crippen molar-refractivity contribution < 1.29 is 9.59 Å². The van der Waals surface area contributed by atoms with Gasteiger partial charge in [0.1, 0.15) is 6.04 Å². The first-order valence-corrected chi connectivity index (χ1v) is 14.7. The van der Waals surface area contributed by atoms with Crippen molar-refractivity contribution in [2.75, 3.05) is 30.4 Å². The maximum Gasteiger partial charge on any atom is 0.240 e. The Labute approximate surface area is 267 Å². The fourth-order valence-corrected chi connectivity index (χ4v) is 5.70. The summed E-state index contributed by atoms with van der Waals surface area (Å²) in [6, 6.07) is 14.1. The van der Waals surface area contributed by atoms with Crippen LogP contribution in [-0.4, -0.2) is 63.6 Å². The Morgan fingerprint density at radius 1 is 0.977 bits per heavy atom. The molecular weight excluding hydrogens is 601 g/mol. The summed E-state index contributed by atoms with van der Waals surface area (Å²) in [5, 5.41) is 8.02. The summed E-state index contributed by atoms with van der Waals surface area (Å²) in [6.45, 7) is 0.612. The molecule has 4 aromatic rings. The van der Waals surface area contributed by atoms with Crippen molar-refractivity contribution in [3.05, 3.63) is 71.8 Å². The number of benzene rings is 2. The van der Waals surface area contributed by atoms with Gasteiger partial charge in [-0.3, -0.25) is 14.5 Å². The third kappa shape index (κ3) is 7.53. The lowest BCUT2D eigenvalue weighted by Crippen LogP contribution is -2.52. The molecule has 1 aliphatic carbocycles. The number of aromatic nitrogens is 5. The molecule has 0 radical (unpaired) electrons. The van der Waals surface area contributed by atoms with Crippen LogP contribution >= 0.6 is 24.0 Å². The molecule has 0 saturated heterocycles. The fraction of sp³-hybridized carbons (Fsp3) is 0.355. The molecule has 0 unspecified atom stereocenters. The average molecular weight is 639 g/mol. The van der Waals surface area contributed by atoms with E-state index in [4.69, 9.17) is 23.1 Å². The lowest BCUT2D eigenvalue weighted by molar-refractivity contribution is -0.127. The second-order valence-corrected chi connectivity index (χ2v) is 11.5. The van der Waals surface area contributed by atoms with Gasteiger partial charge in [-0.1, -0.05) is 24.3 Å². The van der Waals surface area contributed by atoms with E-state index in [0.717, 1.165) is 47.9 Å². The van der Waals surface area contributed by atoms with Crippen LogP contribution in [0.5, 0.6) is 0 Å². The largest absolute Gasteiger partial charge is 0.368 e. The molecule has 2 amide bonds. The highest BCUT2D eigenvalue weighted by molar-refractivity contribution is 6.28. The van der Waals surface area contributed by atoms with Crippen LogP contribution in [0.15, 0.2) is 60.9 Å². The zero-order valence-electron chi connectivity index (χ0n) is 24.7. The number of H-pyrrole nitrogens is 1. The minimum absolute atomic E-state index is 0. The number of halogens is 2. The number of carbonyl (C=O) groups excluding carboxylic acids is 2. The summed E-state index contributed by atoms with van der Waals surface area (Å²) < 4.78 is 0. The van der Waals surface area contributed by atoms with Crippen LogP contribution in [0, 0.1) is 11.8 Å². The molecule has 13 heteroatoms. The van der Waals surface area contributed by atoms with Crippen LogP contribution in [-0.2, 0) is 16.0 Å². The van der Waals surface area contributed by atoms with Gasteiger partial charge in [0.2, 0.25) is 23.0 Å². The van der Waals surface area contributed by atoms with Crippen LogP contribution < -0.4 is 21.3 Å². The summed E-state index contributed by atoms with van der Waals surface area (Å²) >= 11 is 5.91. The van der Waals surface area contributed by atoms with Crippen LogP contribution in [0.3, 0.4) is 0 Å². The maximum atomic E-state index is 14.2. The van der Waals surface area contributed by atoms with Gasteiger partial charge < -0.3 is 21.4 Å². The molecular formula is C31H37Cl2N9O2. The molecule has 0 spiro atoms. The van der Waals surface area contributed by atoms with E-state index >= 15 is 0 Å². The van der Waals surface area contributed by atoms with E-state index in [0.29, 0.717) is 29.9 Å². The lowest BCUT2D eigenvalue weighted by Gasteiger charge is -2.35. The molecule has 1 fully saturated rings. The predicted molar refractivity (Wildman–Crippen MR) is 175 cm³/mol. The predicted octanol–water partition coefficient (Wildman–Crippen LogP) is 4.26. The molecule has 2 aromatic heterocycles. The standard InChI is InChI=1S/C31H36ClN9O2.ClH/c1-40(2)31-35-17-24(18-36-31)23-5-3-4-20(14-23)15-26(27(34)42)41(29(43)22-8-6-19(16-33)7-9-22)25-12-10-21(11-13-25)28-37-30(32)39-38-28;/h3-5,10-14,17-19,22,26H,6-9,15-16,33H2,1-2H3,(H2,34,42)(H,37,38,39);1H/t19-,22-,26-;/m0./s1. The normalized spacial score (nSPS) is 16.9. The Balaban J connectivity index is 0.00000442. The van der Waals surface area contributed by atoms with Crippen molar-refractivity contribution in [2.24, 2.45) is 23.3 Å². The summed E-state index contributed by atoms with van der Waals surface area (Å²) in [5.74, 6) is 0.603. The van der Waals surface area contributed by atoms with E-state index in [2.05, 4.69) is 25.1 Å². The number of nitrogens with two attached hydrogens (primary N) is 2. The van der Waals surface area contributed by atoms with E-state index < -0.39 is 11.9 Å². The highest BCUT2D eigenvalue weighted by Gasteiger charge is 2.36. The first-order valence-electron chi connectivity index (χ1n) is 14.3. The molecule has 44 heavy (non-hydrogen) atoms. The van der Waals surface area contributed by atoms with Gasteiger partial charge in [0.15, 0.2) is 5.82 Å². The van der Waals surface area contributed by atoms with Crippen LogP contribution in [0.2, 0.25) is 5.28 Å². The van der Waals surface area contributed by atoms with Crippen LogP contribution in [0.25, 0.3) is 22.5 Å². The smallest absolute Gasteiger partial charge is 0.240 e. The molecule has 5 rings (SSSR count). The van der Waals surface area contributed by atoms with E-state index in [9.17, 15) is 9.59 Å². The number of hydrogen-bond acceptors (Lipinski definition) is 8. The van der Waals surface area contributed by atoms with Gasteiger partial charge in [-0.15, -0.1) is 22.6 Å². The number of aromatic amines is 1. The Hall–Kier alpha value is -4.06. The van der Waals surface area contributed by atoms with Gasteiger partial charge in [-0.05, 0) is 85.1 Å². The summed E-state index contributed by atoms with van der Waals surface area (Å²) in [5.41, 5.74) is 15.9. The SMILES string of the molecule is CN(C)c1ncc(-c2cccc(C[C@@H](C(N)=O)N(c3ccc(-c4nnc(Cl)[nH]4)cc3)C(=O)[C@H]3CC[C@H](CN)CC3)c2)cn1.Cl. The quantitative estimate of drug-likeness (QED) is 0.232. The molecule has 5 N–H and O–H groups in total. The van der Waals surface area contributed by atoms with Crippen molar-refractivity contribution >= 4 is 47.5 Å². The Bertz CT molecular complexity index is 1550. The van der Waals surface area contributed by atoms with Gasteiger partial charge in [-0.2, -0.15) is 0 Å². The van der Waals surface area contributed by atoms with E-state index in [1.54, 1.807) is 29.4 Å². The third-order valence-corrected chi connectivity index (χ3v) is 8.18. The van der Waals surface area contributed by atoms with Crippen LogP contribution in [0.1, 0.15) is 31.2 Å². The topological polar surface area (TPSA) is 160 Å². The highest BCUT2D eigenvalue weighted by Crippen LogP contribution is 2.33. The number of amides is 2. The molecule has 1 atom stereocenters. The number of hydrogen-bond donors (Lipinski definition) is 3. The summed E-state index contributed by atoms with van der Waals surface area (Å²) in [4.78, 5) is 42.4. The number of carbonyl (C=O) groups is 2. The van der Waals surface area contributed by atoms with Gasteiger partial charge in [0.25, 0.3) is 0 Å². The first-order chi connectivity index (χ1) is 20.7. The lowest BCUT2D eigenvalue weighted by atomic mass is 9.81. The second kappa shape index (κ2) is 14.6. The molecule has 2 heterocycles. The Morgan fingerprint density at radius 2 is 1.66 bits per heavy atom. The van der Waals surface area contributed by atoms with Crippen LogP contribution in [0.4, 0.5) is 11.6 Å². The van der Waals surface area contributed by atoms with Crippen molar-refractivity contribution in [3.8, 4) is 22.5 Å². The second-order valence-electron chi connectivity index (χ2n) is 11.2. The van der Waals surface area contributed by atoms with Gasteiger partial charge in [0.05, 0.1) is 0 Å². The minimum Gasteiger partial charge on any atom is -0.368 e. The molecule has 1 saturated carbocycles. The van der Waals surface area contributed by atoms with E-state index in [1.807, 2.05) is 55.4 Å². The van der Waals surface area contributed by atoms with Gasteiger partial charge >= 0.3 is 0 Å². The first kappa shape index (κ1) is 32.8. The summed E-state index contributed by atoms with van der Waals surface area (Å²) in [7, 11) is 3.77. The van der Waals surface area contributed by atoms with Crippen molar-refractivity contribution in [2.45, 2.75) is 38.1 Å². The van der Waals surface area contributed by atoms with Crippen molar-refractivity contribution in [3.63, 3.8) is 0 Å². The Kier molecular flexibility index (Phi) is 10.9. The highest BCUT2D eigenvalue weighted by atomic mass is 35.5. The monoisotopic (exact) mass is 637 g/mol. The number of nitrogens with one attached hydrogen (secondary N) is 1. The third-order valence-electron chi connectivity index (χ3n) is 8.01. The summed E-state index contributed by atoms with van der Waals surface area (Å²) in [6.07, 6.45) is 6.97. The molecule has 1 aliphatic rings. The van der Waals surface area contributed by atoms with Gasteiger partial charge in [-0.25, -0.2) is 9.97 Å². The molecule has 2 aromatic carbocycles. The molecule has 0 aliphatic heterocycles. The van der Waals surface area contributed by atoms with Gasteiger partial charge in [0, 0.05) is 55.6 Å². The molecule has 11 nitrogen and oxygen atoms in total. The molecule has 0 bridgehead atoms. The Morgan fingerprint density at radius 3 is 2.23 bits per heavy atom. The minimum atomic E-state index is -0.909. The van der Waals surface area contributed by atoms with Crippen molar-refractivity contribution in [1.82, 2.24) is 25.1 Å². The number of anilines is 2. The van der Waals surface area contributed by atoms with E-state index in [1.165, 1.54) is 0 Å². The zero-order chi connectivity index (χ0) is 30.5.